The highest BCUT2D eigenvalue weighted by molar-refractivity contribution is 5.57. The molecular formula is C17H16N6O2. The zero-order chi connectivity index (χ0) is 17.6. The van der Waals surface area contributed by atoms with Gasteiger partial charge in [0.15, 0.2) is 0 Å². The lowest BCUT2D eigenvalue weighted by Gasteiger charge is -2.08. The minimum absolute atomic E-state index is 0.0278. The van der Waals surface area contributed by atoms with Gasteiger partial charge in [0.05, 0.1) is 16.3 Å². The van der Waals surface area contributed by atoms with Crippen LogP contribution in [0.15, 0.2) is 72.0 Å². The summed E-state index contributed by atoms with van der Waals surface area (Å²) in [6.45, 7) is 0. The molecule has 0 radical (unpaired) electrons. The molecule has 1 heterocycles. The molecule has 0 aliphatic heterocycles. The summed E-state index contributed by atoms with van der Waals surface area (Å²) in [5, 5.41) is 15.0. The van der Waals surface area contributed by atoms with E-state index in [1.165, 1.54) is 12.1 Å². The number of nitrogens with zero attached hydrogens (tertiary/aromatic N) is 4. The Morgan fingerprint density at radius 2 is 1.80 bits per heavy atom. The first-order chi connectivity index (χ1) is 12.2. The normalized spacial score (nSPS) is 11.2. The minimum atomic E-state index is -0.444. The van der Waals surface area contributed by atoms with E-state index in [2.05, 4.69) is 20.9 Å². The molecule has 8 nitrogen and oxygen atoms in total. The number of benzene rings is 2. The Bertz CT molecular complexity index is 935. The van der Waals surface area contributed by atoms with Crippen molar-refractivity contribution in [1.29, 1.82) is 0 Å². The molecule has 0 amide bonds. The third-order valence-electron chi connectivity index (χ3n) is 3.49. The molecule has 1 aromatic heterocycles. The second kappa shape index (κ2) is 7.26. The van der Waals surface area contributed by atoms with Crippen LogP contribution in [0.4, 0.5) is 11.4 Å². The lowest BCUT2D eigenvalue weighted by atomic mass is 10.1. The zero-order valence-electron chi connectivity index (χ0n) is 13.5. The van der Waals surface area contributed by atoms with E-state index in [9.17, 15) is 10.1 Å². The molecule has 0 bridgehead atoms. The summed E-state index contributed by atoms with van der Waals surface area (Å²) in [5.74, 6) is 0. The third kappa shape index (κ3) is 3.81. The average molecular weight is 336 g/mol. The average Bonchev–Trinajstić information content (AvgIpc) is 2.67. The van der Waals surface area contributed by atoms with Crippen LogP contribution in [0.2, 0.25) is 0 Å². The quantitative estimate of drug-likeness (QED) is 0.551. The Labute approximate surface area is 143 Å². The van der Waals surface area contributed by atoms with Crippen molar-refractivity contribution in [3.05, 3.63) is 82.6 Å². The summed E-state index contributed by atoms with van der Waals surface area (Å²) < 4.78 is 1.66. The summed E-state index contributed by atoms with van der Waals surface area (Å²) >= 11 is 0. The predicted octanol–water partition coefficient (Wildman–Crippen LogP) is 2.56. The summed E-state index contributed by atoms with van der Waals surface area (Å²) in [5.41, 5.74) is 8.67. The number of hydrogen-bond donors (Lipinski definition) is 2. The topological polar surface area (TPSA) is 97.4 Å². The summed E-state index contributed by atoms with van der Waals surface area (Å²) in [6.07, 6.45) is 1.83. The number of aromatic nitrogens is 2. The Morgan fingerprint density at radius 3 is 2.44 bits per heavy atom. The van der Waals surface area contributed by atoms with Crippen molar-refractivity contribution < 1.29 is 4.92 Å². The van der Waals surface area contributed by atoms with Crippen molar-refractivity contribution >= 4 is 11.4 Å². The molecule has 0 saturated carbocycles. The van der Waals surface area contributed by atoms with Gasteiger partial charge in [-0.15, -0.1) is 5.10 Å². The van der Waals surface area contributed by atoms with Crippen LogP contribution in [0.5, 0.6) is 0 Å². The first kappa shape index (κ1) is 16.2. The molecule has 25 heavy (non-hydrogen) atoms. The Hall–Kier alpha value is -3.68. The van der Waals surface area contributed by atoms with Gasteiger partial charge in [-0.1, -0.05) is 30.3 Å². The zero-order valence-corrected chi connectivity index (χ0v) is 13.5. The van der Waals surface area contributed by atoms with Gasteiger partial charge < -0.3 is 5.43 Å². The predicted molar refractivity (Wildman–Crippen MR) is 95.2 cm³/mol. The van der Waals surface area contributed by atoms with Gasteiger partial charge in [-0.05, 0) is 18.2 Å². The van der Waals surface area contributed by atoms with Crippen LogP contribution in [0, 0.1) is 10.1 Å². The highest BCUT2D eigenvalue weighted by atomic mass is 16.6. The summed E-state index contributed by atoms with van der Waals surface area (Å²) in [4.78, 5) is 14.8. The van der Waals surface area contributed by atoms with E-state index in [4.69, 9.17) is 0 Å². The number of hydrogen-bond acceptors (Lipinski definition) is 6. The Kier molecular flexibility index (Phi) is 4.70. The third-order valence-corrected chi connectivity index (χ3v) is 3.49. The van der Waals surface area contributed by atoms with Gasteiger partial charge in [-0.2, -0.15) is 0 Å². The monoisotopic (exact) mass is 336 g/mol. The van der Waals surface area contributed by atoms with Crippen molar-refractivity contribution in [1.82, 2.24) is 9.66 Å². The maximum atomic E-state index is 10.7. The maximum absolute atomic E-state index is 10.7. The molecule has 0 spiro atoms. The molecule has 0 saturated heterocycles. The first-order valence-electron chi connectivity index (χ1n) is 7.54. The Balaban J connectivity index is 1.91. The van der Waals surface area contributed by atoms with Crippen molar-refractivity contribution in [3.8, 4) is 11.3 Å². The van der Waals surface area contributed by atoms with E-state index in [1.807, 2.05) is 42.6 Å². The molecule has 0 atom stereocenters. The van der Waals surface area contributed by atoms with E-state index in [0.29, 0.717) is 11.3 Å². The molecule has 3 rings (SSSR count). The summed E-state index contributed by atoms with van der Waals surface area (Å²) in [7, 11) is 1.76. The molecule has 0 aliphatic carbocycles. The number of anilines is 1. The molecular weight excluding hydrogens is 320 g/mol. The molecule has 0 fully saturated rings. The van der Waals surface area contributed by atoms with Gasteiger partial charge in [0.1, 0.15) is 0 Å². The second-order valence-corrected chi connectivity index (χ2v) is 5.10. The smallest absolute Gasteiger partial charge is 0.269 e. The molecule has 2 aromatic carbocycles. The lowest BCUT2D eigenvalue weighted by molar-refractivity contribution is -0.384. The molecule has 126 valence electrons. The summed E-state index contributed by atoms with van der Waals surface area (Å²) in [6, 6.07) is 17.7. The van der Waals surface area contributed by atoms with Gasteiger partial charge in [0.25, 0.3) is 11.3 Å². The fraction of sp³-hybridized carbons (Fsp3) is 0.0588. The second-order valence-electron chi connectivity index (χ2n) is 5.10. The van der Waals surface area contributed by atoms with Crippen LogP contribution in [-0.2, 0) is 0 Å². The van der Waals surface area contributed by atoms with E-state index in [-0.39, 0.29) is 5.69 Å². The van der Waals surface area contributed by atoms with E-state index in [0.717, 1.165) is 11.3 Å². The van der Waals surface area contributed by atoms with Gasteiger partial charge >= 0.3 is 0 Å². The van der Waals surface area contributed by atoms with Crippen LogP contribution in [0.3, 0.4) is 0 Å². The number of nitro groups is 1. The number of non-ortho nitro benzene ring substituents is 1. The standard InChI is InChI=1S/C17H16N6O2/c1-18-22-12-11-16(13-5-3-2-4-6-13)19-17(22)21-20-14-7-9-15(10-8-14)23(24)25/h2-12,18,20H,1H3/b21-17+. The van der Waals surface area contributed by atoms with E-state index < -0.39 is 4.92 Å². The van der Waals surface area contributed by atoms with Crippen LogP contribution < -0.4 is 16.5 Å². The SMILES string of the molecule is CNn1ccc(-c2ccccc2)n/c1=N\Nc1ccc([N+](=O)[O-])cc1. The van der Waals surface area contributed by atoms with Crippen molar-refractivity contribution in [3.63, 3.8) is 0 Å². The molecule has 0 unspecified atom stereocenters. The van der Waals surface area contributed by atoms with Crippen LogP contribution in [-0.4, -0.2) is 21.6 Å². The number of nitrogens with one attached hydrogen (secondary N) is 2. The molecule has 0 aliphatic rings. The van der Waals surface area contributed by atoms with Gasteiger partial charge in [0, 0.05) is 30.9 Å². The fourth-order valence-electron chi connectivity index (χ4n) is 2.21. The van der Waals surface area contributed by atoms with Crippen molar-refractivity contribution in [2.75, 3.05) is 17.9 Å². The van der Waals surface area contributed by atoms with Crippen molar-refractivity contribution in [2.24, 2.45) is 5.10 Å². The fourth-order valence-corrected chi connectivity index (χ4v) is 2.21. The molecule has 2 N–H and O–H groups in total. The molecule has 3 aromatic rings. The Morgan fingerprint density at radius 1 is 1.08 bits per heavy atom. The van der Waals surface area contributed by atoms with E-state index >= 15 is 0 Å². The highest BCUT2D eigenvalue weighted by Crippen LogP contribution is 2.15. The molecule has 8 heteroatoms. The van der Waals surface area contributed by atoms with Crippen molar-refractivity contribution in [2.45, 2.75) is 0 Å². The van der Waals surface area contributed by atoms with Crippen LogP contribution >= 0.6 is 0 Å². The van der Waals surface area contributed by atoms with Gasteiger partial charge in [-0.25, -0.2) is 9.66 Å². The largest absolute Gasteiger partial charge is 0.326 e. The van der Waals surface area contributed by atoms with Crippen LogP contribution in [0.1, 0.15) is 0 Å². The van der Waals surface area contributed by atoms with Gasteiger partial charge in [-0.3, -0.25) is 15.5 Å². The maximum Gasteiger partial charge on any atom is 0.269 e. The lowest BCUT2D eigenvalue weighted by Crippen LogP contribution is -2.30. The number of nitro benzene ring substituents is 1. The number of rotatable bonds is 5. The van der Waals surface area contributed by atoms with E-state index in [1.54, 1.807) is 23.9 Å². The van der Waals surface area contributed by atoms with Gasteiger partial charge in [0.2, 0.25) is 0 Å². The first-order valence-corrected chi connectivity index (χ1v) is 7.54. The minimum Gasteiger partial charge on any atom is -0.326 e. The van der Waals surface area contributed by atoms with Crippen LogP contribution in [0.25, 0.3) is 11.3 Å². The highest BCUT2D eigenvalue weighted by Gasteiger charge is 2.04.